The van der Waals surface area contributed by atoms with Crippen molar-refractivity contribution in [3.05, 3.63) is 40.8 Å². The summed E-state index contributed by atoms with van der Waals surface area (Å²) in [5, 5.41) is 0. The third-order valence-electron chi connectivity index (χ3n) is 3.83. The fraction of sp³-hybridized carbons (Fsp3) is 0.438. The molecule has 0 unspecified atom stereocenters. The summed E-state index contributed by atoms with van der Waals surface area (Å²) in [4.78, 5) is 30.7. The van der Waals surface area contributed by atoms with E-state index in [0.29, 0.717) is 11.6 Å². The van der Waals surface area contributed by atoms with E-state index in [0.717, 1.165) is 18.4 Å². The van der Waals surface area contributed by atoms with Crippen molar-refractivity contribution in [2.24, 2.45) is 0 Å². The molecule has 0 atom stereocenters. The predicted molar refractivity (Wildman–Crippen MR) is 81.0 cm³/mol. The largest absolute Gasteiger partial charge is 0.336 e. The lowest BCUT2D eigenvalue weighted by Crippen LogP contribution is -2.42. The van der Waals surface area contributed by atoms with Crippen molar-refractivity contribution in [2.45, 2.75) is 45.3 Å². The van der Waals surface area contributed by atoms with E-state index in [1.807, 2.05) is 43.0 Å². The molecule has 1 heterocycles. The predicted octanol–water partition coefficient (Wildman–Crippen LogP) is 1.80. The molecule has 1 aromatic heterocycles. The lowest BCUT2D eigenvalue weighted by Gasteiger charge is -2.27. The summed E-state index contributed by atoms with van der Waals surface area (Å²) >= 11 is 0. The second-order valence-electron chi connectivity index (χ2n) is 5.80. The number of carbonyl (C=O) groups is 1. The molecule has 1 fully saturated rings. The van der Waals surface area contributed by atoms with E-state index >= 15 is 0 Å². The van der Waals surface area contributed by atoms with E-state index in [2.05, 4.69) is 4.98 Å². The van der Waals surface area contributed by atoms with Crippen LogP contribution in [0.4, 0.5) is 0 Å². The van der Waals surface area contributed by atoms with Crippen LogP contribution in [0, 0.1) is 0 Å². The van der Waals surface area contributed by atoms with E-state index in [9.17, 15) is 9.59 Å². The summed E-state index contributed by atoms with van der Waals surface area (Å²) in [7, 11) is 0. The Morgan fingerprint density at radius 3 is 2.76 bits per heavy atom. The number of fused-ring (bicyclic) bond motifs is 1. The van der Waals surface area contributed by atoms with Crippen molar-refractivity contribution in [2.75, 3.05) is 0 Å². The zero-order chi connectivity index (χ0) is 15.0. The first kappa shape index (κ1) is 13.8. The van der Waals surface area contributed by atoms with Crippen LogP contribution in [0.5, 0.6) is 0 Å². The van der Waals surface area contributed by atoms with Crippen molar-refractivity contribution in [1.29, 1.82) is 0 Å². The minimum atomic E-state index is -0.235. The van der Waals surface area contributed by atoms with Gasteiger partial charge in [-0.2, -0.15) is 0 Å². The van der Waals surface area contributed by atoms with Crippen LogP contribution in [-0.2, 0) is 11.3 Å². The lowest BCUT2D eigenvalue weighted by atomic mass is 10.2. The Bertz CT molecular complexity index is 730. The average molecular weight is 285 g/mol. The van der Waals surface area contributed by atoms with Gasteiger partial charge in [0.05, 0.1) is 17.2 Å². The molecular formula is C16H19N3O2. The number of hydrogen-bond donors (Lipinski definition) is 0. The molecule has 2 aromatic rings. The van der Waals surface area contributed by atoms with Crippen molar-refractivity contribution in [3.8, 4) is 0 Å². The summed E-state index contributed by atoms with van der Waals surface area (Å²) in [5.41, 5.74) is 1.20. The van der Waals surface area contributed by atoms with Crippen molar-refractivity contribution in [3.63, 3.8) is 0 Å². The molecule has 1 aliphatic rings. The Balaban J connectivity index is 1.96. The standard InChI is InChI=1S/C16H19N3O2/c1-11(2)19(12-7-8-12)16(21)10-18-14-6-4-3-5-13(14)17-9-15(18)20/h3-6,9,11-12H,7-8,10H2,1-2H3. The Kier molecular flexibility index (Phi) is 3.49. The summed E-state index contributed by atoms with van der Waals surface area (Å²) in [6.07, 6.45) is 3.41. The van der Waals surface area contributed by atoms with Gasteiger partial charge in [-0.3, -0.25) is 14.2 Å². The average Bonchev–Trinajstić information content (AvgIpc) is 3.26. The first-order valence-corrected chi connectivity index (χ1v) is 7.33. The maximum absolute atomic E-state index is 12.6. The number of carbonyl (C=O) groups excluding carboxylic acids is 1. The van der Waals surface area contributed by atoms with Gasteiger partial charge in [0, 0.05) is 12.1 Å². The third kappa shape index (κ3) is 2.68. The van der Waals surface area contributed by atoms with Crippen molar-refractivity contribution in [1.82, 2.24) is 14.5 Å². The van der Waals surface area contributed by atoms with Gasteiger partial charge >= 0.3 is 0 Å². The fourth-order valence-corrected chi connectivity index (χ4v) is 2.76. The number of benzene rings is 1. The van der Waals surface area contributed by atoms with Crippen LogP contribution in [0.3, 0.4) is 0 Å². The fourth-order valence-electron chi connectivity index (χ4n) is 2.76. The molecule has 0 saturated heterocycles. The van der Waals surface area contributed by atoms with Crippen LogP contribution in [0.1, 0.15) is 26.7 Å². The molecule has 5 heteroatoms. The first-order chi connectivity index (χ1) is 10.1. The Hall–Kier alpha value is -2.17. The number of hydrogen-bond acceptors (Lipinski definition) is 3. The van der Waals surface area contributed by atoms with Gasteiger partial charge in [0.1, 0.15) is 6.54 Å². The highest BCUT2D eigenvalue weighted by Crippen LogP contribution is 2.28. The van der Waals surface area contributed by atoms with Gasteiger partial charge in [0.25, 0.3) is 5.56 Å². The second kappa shape index (κ2) is 5.31. The van der Waals surface area contributed by atoms with Gasteiger partial charge in [-0.15, -0.1) is 0 Å². The highest BCUT2D eigenvalue weighted by Gasteiger charge is 2.34. The molecular weight excluding hydrogens is 266 g/mol. The molecule has 0 N–H and O–H groups in total. The molecule has 1 amide bonds. The molecule has 110 valence electrons. The molecule has 3 rings (SSSR count). The topological polar surface area (TPSA) is 55.2 Å². The number of nitrogens with zero attached hydrogens (tertiary/aromatic N) is 3. The smallest absolute Gasteiger partial charge is 0.269 e. The third-order valence-corrected chi connectivity index (χ3v) is 3.83. The molecule has 0 spiro atoms. The van der Waals surface area contributed by atoms with E-state index < -0.39 is 0 Å². The lowest BCUT2D eigenvalue weighted by molar-refractivity contribution is -0.134. The zero-order valence-corrected chi connectivity index (χ0v) is 12.3. The van der Waals surface area contributed by atoms with E-state index in [-0.39, 0.29) is 24.1 Å². The molecule has 1 aliphatic carbocycles. The van der Waals surface area contributed by atoms with Crippen molar-refractivity contribution < 1.29 is 4.79 Å². The molecule has 1 aromatic carbocycles. The van der Waals surface area contributed by atoms with Gasteiger partial charge in [-0.1, -0.05) is 12.1 Å². The Morgan fingerprint density at radius 1 is 1.38 bits per heavy atom. The molecule has 5 nitrogen and oxygen atoms in total. The maximum atomic E-state index is 12.6. The quantitative estimate of drug-likeness (QED) is 0.860. The summed E-state index contributed by atoms with van der Waals surface area (Å²) < 4.78 is 1.52. The summed E-state index contributed by atoms with van der Waals surface area (Å²) in [5.74, 6) is 0.00551. The summed E-state index contributed by atoms with van der Waals surface area (Å²) in [6.45, 7) is 4.11. The minimum absolute atomic E-state index is 0.00551. The zero-order valence-electron chi connectivity index (χ0n) is 12.3. The minimum Gasteiger partial charge on any atom is -0.336 e. The molecule has 0 radical (unpaired) electrons. The van der Waals surface area contributed by atoms with Crippen LogP contribution in [-0.4, -0.2) is 32.4 Å². The second-order valence-corrected chi connectivity index (χ2v) is 5.80. The molecule has 0 aliphatic heterocycles. The Morgan fingerprint density at radius 2 is 2.10 bits per heavy atom. The normalized spacial score (nSPS) is 14.6. The highest BCUT2D eigenvalue weighted by atomic mass is 16.2. The molecule has 21 heavy (non-hydrogen) atoms. The van der Waals surface area contributed by atoms with Crippen LogP contribution < -0.4 is 5.56 Å². The monoisotopic (exact) mass is 285 g/mol. The van der Waals surface area contributed by atoms with Gasteiger partial charge in [0.15, 0.2) is 0 Å². The number of aromatic nitrogens is 2. The number of rotatable bonds is 4. The van der Waals surface area contributed by atoms with E-state index in [4.69, 9.17) is 0 Å². The maximum Gasteiger partial charge on any atom is 0.269 e. The van der Waals surface area contributed by atoms with E-state index in [1.165, 1.54) is 10.8 Å². The SMILES string of the molecule is CC(C)N(C(=O)Cn1c(=O)cnc2ccccc21)C1CC1. The van der Waals surface area contributed by atoms with Gasteiger partial charge in [-0.05, 0) is 38.8 Å². The van der Waals surface area contributed by atoms with Crippen LogP contribution in [0.15, 0.2) is 35.3 Å². The number of amides is 1. The van der Waals surface area contributed by atoms with Gasteiger partial charge < -0.3 is 4.90 Å². The number of para-hydroxylation sites is 2. The van der Waals surface area contributed by atoms with Gasteiger partial charge in [0.2, 0.25) is 5.91 Å². The van der Waals surface area contributed by atoms with E-state index in [1.54, 1.807) is 0 Å². The van der Waals surface area contributed by atoms with Crippen LogP contribution in [0.25, 0.3) is 11.0 Å². The van der Waals surface area contributed by atoms with Crippen LogP contribution >= 0.6 is 0 Å². The van der Waals surface area contributed by atoms with Crippen LogP contribution in [0.2, 0.25) is 0 Å². The van der Waals surface area contributed by atoms with Crippen molar-refractivity contribution >= 4 is 16.9 Å². The highest BCUT2D eigenvalue weighted by molar-refractivity contribution is 5.80. The molecule has 0 bridgehead atoms. The summed E-state index contributed by atoms with van der Waals surface area (Å²) in [6, 6.07) is 7.91. The van der Waals surface area contributed by atoms with Gasteiger partial charge in [-0.25, -0.2) is 4.98 Å². The Labute approximate surface area is 123 Å². The molecule has 1 saturated carbocycles. The first-order valence-electron chi connectivity index (χ1n) is 7.33.